The van der Waals surface area contributed by atoms with Crippen molar-refractivity contribution in [2.45, 2.75) is 26.4 Å². The van der Waals surface area contributed by atoms with Crippen LogP contribution in [0.2, 0.25) is 0 Å². The SMILES string of the molecule is CC(C)NC(=O)c1cccc(C(=O)NCc2cnn(-c3cc(Br)cc(C#N)c3)c2)n1. The minimum absolute atomic E-state index is 0.0252. The molecule has 8 nitrogen and oxygen atoms in total. The highest BCUT2D eigenvalue weighted by Crippen LogP contribution is 2.18. The van der Waals surface area contributed by atoms with Crippen molar-refractivity contribution in [1.29, 1.82) is 5.26 Å². The summed E-state index contributed by atoms with van der Waals surface area (Å²) in [5.74, 6) is -0.720. The summed E-state index contributed by atoms with van der Waals surface area (Å²) >= 11 is 3.38. The maximum Gasteiger partial charge on any atom is 0.270 e. The summed E-state index contributed by atoms with van der Waals surface area (Å²) in [6, 6.07) is 12.1. The Balaban J connectivity index is 1.67. The number of benzene rings is 1. The monoisotopic (exact) mass is 466 g/mol. The first kappa shape index (κ1) is 21.2. The molecule has 2 amide bonds. The number of nitrogens with one attached hydrogen (secondary N) is 2. The molecule has 0 saturated heterocycles. The van der Waals surface area contributed by atoms with Crippen LogP contribution in [0.25, 0.3) is 5.69 Å². The Morgan fingerprint density at radius 3 is 2.63 bits per heavy atom. The Morgan fingerprint density at radius 1 is 1.20 bits per heavy atom. The van der Waals surface area contributed by atoms with E-state index < -0.39 is 5.91 Å². The number of aromatic nitrogens is 3. The van der Waals surface area contributed by atoms with Gasteiger partial charge in [0, 0.05) is 28.8 Å². The molecule has 30 heavy (non-hydrogen) atoms. The van der Waals surface area contributed by atoms with Crippen LogP contribution in [0.5, 0.6) is 0 Å². The van der Waals surface area contributed by atoms with Gasteiger partial charge < -0.3 is 10.6 Å². The van der Waals surface area contributed by atoms with Gasteiger partial charge >= 0.3 is 0 Å². The molecule has 0 unspecified atom stereocenters. The lowest BCUT2D eigenvalue weighted by Crippen LogP contribution is -2.31. The summed E-state index contributed by atoms with van der Waals surface area (Å²) in [6.45, 7) is 3.94. The lowest BCUT2D eigenvalue weighted by atomic mass is 10.2. The molecule has 0 fully saturated rings. The van der Waals surface area contributed by atoms with Gasteiger partial charge in [-0.05, 0) is 44.2 Å². The summed E-state index contributed by atoms with van der Waals surface area (Å²) in [6.07, 6.45) is 3.40. The third-order valence-electron chi connectivity index (χ3n) is 4.00. The van der Waals surface area contributed by atoms with E-state index in [0.717, 1.165) is 15.7 Å². The molecule has 0 aliphatic heterocycles. The number of hydrogen-bond donors (Lipinski definition) is 2. The largest absolute Gasteiger partial charge is 0.349 e. The standard InChI is InChI=1S/C21H19BrN6O2/c1-13(2)26-21(30)19-5-3-4-18(27-19)20(29)24-10-15-11-25-28(12-15)17-7-14(9-23)6-16(22)8-17/h3-8,11-13H,10H2,1-2H3,(H,24,29)(H,26,30). The van der Waals surface area contributed by atoms with Gasteiger partial charge in [0.15, 0.2) is 0 Å². The first-order valence-corrected chi connectivity index (χ1v) is 9.95. The molecule has 0 spiro atoms. The van der Waals surface area contributed by atoms with E-state index in [1.807, 2.05) is 19.9 Å². The van der Waals surface area contributed by atoms with Crippen molar-refractivity contribution in [1.82, 2.24) is 25.4 Å². The van der Waals surface area contributed by atoms with Gasteiger partial charge in [-0.15, -0.1) is 0 Å². The average Bonchev–Trinajstić information content (AvgIpc) is 3.20. The highest BCUT2D eigenvalue weighted by molar-refractivity contribution is 9.10. The van der Waals surface area contributed by atoms with Gasteiger partial charge in [-0.2, -0.15) is 10.4 Å². The number of hydrogen-bond acceptors (Lipinski definition) is 5. The van der Waals surface area contributed by atoms with E-state index in [1.165, 1.54) is 0 Å². The van der Waals surface area contributed by atoms with E-state index in [4.69, 9.17) is 5.26 Å². The second-order valence-corrected chi connectivity index (χ2v) is 7.74. The Labute approximate surface area is 182 Å². The topological polar surface area (TPSA) is 113 Å². The van der Waals surface area contributed by atoms with Crippen molar-refractivity contribution in [3.05, 3.63) is 75.8 Å². The van der Waals surface area contributed by atoms with Crippen LogP contribution in [0.4, 0.5) is 0 Å². The summed E-state index contributed by atoms with van der Waals surface area (Å²) in [4.78, 5) is 28.7. The van der Waals surface area contributed by atoms with Crippen LogP contribution in [0, 0.1) is 11.3 Å². The van der Waals surface area contributed by atoms with E-state index in [0.29, 0.717) is 5.56 Å². The maximum absolute atomic E-state index is 12.4. The first-order valence-electron chi connectivity index (χ1n) is 9.16. The fourth-order valence-corrected chi connectivity index (χ4v) is 3.14. The predicted octanol–water partition coefficient (Wildman–Crippen LogP) is 2.97. The molecule has 3 aromatic rings. The third kappa shape index (κ3) is 5.30. The van der Waals surface area contributed by atoms with Crippen LogP contribution in [-0.2, 0) is 6.54 Å². The first-order chi connectivity index (χ1) is 14.4. The van der Waals surface area contributed by atoms with Crippen LogP contribution in [-0.4, -0.2) is 32.6 Å². The zero-order chi connectivity index (χ0) is 21.7. The van der Waals surface area contributed by atoms with Gasteiger partial charge in [-0.3, -0.25) is 9.59 Å². The molecule has 9 heteroatoms. The molecule has 0 atom stereocenters. The number of nitrogens with zero attached hydrogens (tertiary/aromatic N) is 4. The van der Waals surface area contributed by atoms with Gasteiger partial charge in [0.1, 0.15) is 11.4 Å². The normalized spacial score (nSPS) is 10.5. The van der Waals surface area contributed by atoms with Crippen LogP contribution < -0.4 is 10.6 Å². The molecule has 3 rings (SSSR count). The van der Waals surface area contributed by atoms with Crippen LogP contribution in [0.3, 0.4) is 0 Å². The van der Waals surface area contributed by atoms with Gasteiger partial charge in [0.2, 0.25) is 0 Å². The minimum atomic E-state index is -0.392. The Bertz CT molecular complexity index is 1130. The quantitative estimate of drug-likeness (QED) is 0.579. The molecule has 1 aromatic carbocycles. The highest BCUT2D eigenvalue weighted by Gasteiger charge is 2.13. The number of rotatable bonds is 6. The van der Waals surface area contributed by atoms with Crippen LogP contribution >= 0.6 is 15.9 Å². The second kappa shape index (κ2) is 9.33. The number of carbonyl (C=O) groups is 2. The molecule has 0 radical (unpaired) electrons. The maximum atomic E-state index is 12.4. The lowest BCUT2D eigenvalue weighted by molar-refractivity contribution is 0.0936. The van der Waals surface area contributed by atoms with Crippen molar-refractivity contribution >= 4 is 27.7 Å². The van der Waals surface area contributed by atoms with Crippen molar-refractivity contribution in [3.8, 4) is 11.8 Å². The van der Waals surface area contributed by atoms with E-state index in [-0.39, 0.29) is 29.9 Å². The molecule has 0 aliphatic rings. The Morgan fingerprint density at radius 2 is 1.93 bits per heavy atom. The smallest absolute Gasteiger partial charge is 0.270 e. The average molecular weight is 467 g/mol. The molecule has 0 saturated carbocycles. The fraction of sp³-hybridized carbons (Fsp3) is 0.190. The van der Waals surface area contributed by atoms with E-state index >= 15 is 0 Å². The molecular weight excluding hydrogens is 448 g/mol. The van der Waals surface area contributed by atoms with Gasteiger partial charge in [-0.1, -0.05) is 22.0 Å². The van der Waals surface area contributed by atoms with Gasteiger partial charge in [0.25, 0.3) is 11.8 Å². The molecular formula is C21H19BrN6O2. The number of amides is 2. The van der Waals surface area contributed by atoms with Crippen molar-refractivity contribution in [2.75, 3.05) is 0 Å². The van der Waals surface area contributed by atoms with Gasteiger partial charge in [0.05, 0.1) is 23.5 Å². The van der Waals surface area contributed by atoms with Crippen molar-refractivity contribution in [3.63, 3.8) is 0 Å². The third-order valence-corrected chi connectivity index (χ3v) is 4.46. The molecule has 152 valence electrons. The zero-order valence-electron chi connectivity index (χ0n) is 16.4. The van der Waals surface area contributed by atoms with Crippen molar-refractivity contribution in [2.24, 2.45) is 0 Å². The highest BCUT2D eigenvalue weighted by atomic mass is 79.9. The Hall–Kier alpha value is -3.51. The van der Waals surface area contributed by atoms with Crippen LogP contribution in [0.1, 0.15) is 46.0 Å². The summed E-state index contributed by atoms with van der Waals surface area (Å²) in [5, 5.41) is 18.9. The molecule has 0 aliphatic carbocycles. The minimum Gasteiger partial charge on any atom is -0.349 e. The molecule has 2 heterocycles. The predicted molar refractivity (Wildman–Crippen MR) is 114 cm³/mol. The molecule has 0 bridgehead atoms. The van der Waals surface area contributed by atoms with E-state index in [9.17, 15) is 9.59 Å². The number of pyridine rings is 1. The van der Waals surface area contributed by atoms with Crippen LogP contribution in [0.15, 0.2) is 53.3 Å². The molecule has 2 aromatic heterocycles. The lowest BCUT2D eigenvalue weighted by Gasteiger charge is -2.09. The van der Waals surface area contributed by atoms with E-state index in [1.54, 1.807) is 47.4 Å². The summed E-state index contributed by atoms with van der Waals surface area (Å²) in [7, 11) is 0. The summed E-state index contributed by atoms with van der Waals surface area (Å²) < 4.78 is 2.40. The summed E-state index contributed by atoms with van der Waals surface area (Å²) in [5.41, 5.74) is 2.35. The Kier molecular flexibility index (Phi) is 6.59. The fourth-order valence-electron chi connectivity index (χ4n) is 2.66. The van der Waals surface area contributed by atoms with Crippen molar-refractivity contribution < 1.29 is 9.59 Å². The second-order valence-electron chi connectivity index (χ2n) is 6.82. The zero-order valence-corrected chi connectivity index (χ0v) is 18.0. The molecule has 2 N–H and O–H groups in total. The van der Waals surface area contributed by atoms with Gasteiger partial charge in [-0.25, -0.2) is 9.67 Å². The van der Waals surface area contributed by atoms with E-state index in [2.05, 4.69) is 42.7 Å². The number of nitriles is 1. The number of halogens is 1. The number of carbonyl (C=O) groups excluding carboxylic acids is 2.